The van der Waals surface area contributed by atoms with Gasteiger partial charge in [-0.25, -0.2) is 0 Å². The predicted octanol–water partition coefficient (Wildman–Crippen LogP) is 3.86. The summed E-state index contributed by atoms with van der Waals surface area (Å²) in [6.45, 7) is -0.783. The molecule has 0 heterocycles. The molecule has 1 aromatic carbocycles. The lowest BCUT2D eigenvalue weighted by Gasteiger charge is -2.08. The fourth-order valence-electron chi connectivity index (χ4n) is 1.06. The van der Waals surface area contributed by atoms with Crippen LogP contribution in [-0.4, -0.2) is 12.7 Å². The van der Waals surface area contributed by atoms with E-state index in [9.17, 15) is 13.2 Å². The van der Waals surface area contributed by atoms with Crippen LogP contribution in [0.4, 0.5) is 13.2 Å². The van der Waals surface area contributed by atoms with Crippen molar-refractivity contribution in [2.24, 2.45) is 0 Å². The van der Waals surface area contributed by atoms with Gasteiger partial charge in [0, 0.05) is 15.5 Å². The summed E-state index contributed by atoms with van der Waals surface area (Å²) in [6.07, 6.45) is -4.16. The summed E-state index contributed by atoms with van der Waals surface area (Å²) in [6, 6.07) is 5.37. The molecule has 0 bridgehead atoms. The maximum Gasteiger partial charge on any atom is 0.401 e. The van der Waals surface area contributed by atoms with E-state index in [0.717, 1.165) is 14.5 Å². The average molecular weight is 347 g/mol. The molecule has 0 aromatic heterocycles. The summed E-state index contributed by atoms with van der Waals surface area (Å²) in [5.41, 5.74) is 0.792. The minimum Gasteiger partial charge on any atom is -0.305 e. The van der Waals surface area contributed by atoms with Crippen LogP contribution in [0, 0.1) is 0 Å². The fourth-order valence-corrected chi connectivity index (χ4v) is 2.45. The van der Waals surface area contributed by atoms with Crippen LogP contribution in [0.15, 0.2) is 27.1 Å². The van der Waals surface area contributed by atoms with Crippen LogP contribution in [0.2, 0.25) is 0 Å². The quantitative estimate of drug-likeness (QED) is 0.876. The van der Waals surface area contributed by atoms with E-state index in [0.29, 0.717) is 0 Å². The molecule has 0 saturated carbocycles. The first-order valence-electron chi connectivity index (χ1n) is 4.09. The lowest BCUT2D eigenvalue weighted by molar-refractivity contribution is -0.125. The Labute approximate surface area is 102 Å². The van der Waals surface area contributed by atoms with Crippen molar-refractivity contribution in [3.8, 4) is 0 Å². The number of halogens is 5. The zero-order valence-corrected chi connectivity index (χ0v) is 10.7. The Balaban J connectivity index is 2.51. The van der Waals surface area contributed by atoms with Gasteiger partial charge in [-0.1, -0.05) is 31.9 Å². The zero-order valence-electron chi connectivity index (χ0n) is 7.54. The summed E-state index contributed by atoms with van der Waals surface area (Å²) in [5.74, 6) is 0. The van der Waals surface area contributed by atoms with E-state index < -0.39 is 12.7 Å². The Morgan fingerprint density at radius 1 is 1.07 bits per heavy atom. The lowest BCUT2D eigenvalue weighted by Crippen LogP contribution is -2.28. The van der Waals surface area contributed by atoms with E-state index in [4.69, 9.17) is 0 Å². The Hall–Kier alpha value is -0.0700. The number of nitrogens with one attached hydrogen (secondary N) is 1. The summed E-state index contributed by atoms with van der Waals surface area (Å²) >= 11 is 6.53. The highest BCUT2D eigenvalue weighted by molar-refractivity contribution is 9.11. The predicted molar refractivity (Wildman–Crippen MR) is 59.6 cm³/mol. The Morgan fingerprint density at radius 3 is 2.07 bits per heavy atom. The highest BCUT2D eigenvalue weighted by Gasteiger charge is 2.25. The van der Waals surface area contributed by atoms with Gasteiger partial charge in [-0.2, -0.15) is 13.2 Å². The molecule has 6 heteroatoms. The molecule has 0 atom stereocenters. The molecule has 0 aliphatic heterocycles. The van der Waals surface area contributed by atoms with E-state index in [1.165, 1.54) is 0 Å². The largest absolute Gasteiger partial charge is 0.401 e. The van der Waals surface area contributed by atoms with E-state index in [1.807, 2.05) is 6.07 Å². The molecule has 0 fully saturated rings. The summed E-state index contributed by atoms with van der Waals surface area (Å²) < 4.78 is 37.2. The number of benzene rings is 1. The van der Waals surface area contributed by atoms with Gasteiger partial charge >= 0.3 is 6.18 Å². The van der Waals surface area contributed by atoms with E-state index in [-0.39, 0.29) is 6.54 Å². The maximum absolute atomic E-state index is 11.8. The number of hydrogen-bond donors (Lipinski definition) is 1. The minimum absolute atomic E-state index is 0.192. The monoisotopic (exact) mass is 345 g/mol. The zero-order chi connectivity index (χ0) is 11.5. The van der Waals surface area contributed by atoms with Gasteiger partial charge in [0.2, 0.25) is 0 Å². The molecule has 0 saturated heterocycles. The van der Waals surface area contributed by atoms with Crippen molar-refractivity contribution >= 4 is 31.9 Å². The molecule has 15 heavy (non-hydrogen) atoms. The van der Waals surface area contributed by atoms with Gasteiger partial charge in [-0.15, -0.1) is 0 Å². The summed E-state index contributed by atoms with van der Waals surface area (Å²) in [4.78, 5) is 0. The van der Waals surface area contributed by atoms with Crippen molar-refractivity contribution in [3.05, 3.63) is 32.7 Å². The van der Waals surface area contributed by atoms with Gasteiger partial charge in [-0.3, -0.25) is 0 Å². The van der Waals surface area contributed by atoms with E-state index in [2.05, 4.69) is 37.2 Å². The summed E-state index contributed by atoms with van der Waals surface area (Å²) in [7, 11) is 0. The normalized spacial score (nSPS) is 11.8. The van der Waals surface area contributed by atoms with Crippen molar-refractivity contribution in [1.29, 1.82) is 0 Å². The molecule has 1 N–H and O–H groups in total. The molecule has 1 nitrogen and oxygen atoms in total. The van der Waals surface area contributed by atoms with Crippen molar-refractivity contribution in [2.45, 2.75) is 12.7 Å². The van der Waals surface area contributed by atoms with Crippen LogP contribution in [-0.2, 0) is 6.54 Å². The van der Waals surface area contributed by atoms with Gasteiger partial charge in [0.15, 0.2) is 0 Å². The first kappa shape index (κ1) is 13.0. The topological polar surface area (TPSA) is 12.0 Å². The molecule has 0 aliphatic carbocycles. The number of hydrogen-bond acceptors (Lipinski definition) is 1. The van der Waals surface area contributed by atoms with Gasteiger partial charge in [-0.05, 0) is 23.8 Å². The standard InChI is InChI=1S/C9H8Br2F3N/c10-7-1-6(2-8(11)3-7)4-15-5-9(12,13)14/h1-3,15H,4-5H2. The highest BCUT2D eigenvalue weighted by Crippen LogP contribution is 2.20. The second-order valence-corrected chi connectivity index (χ2v) is 4.83. The Kier molecular flexibility index (Phi) is 4.61. The lowest BCUT2D eigenvalue weighted by atomic mass is 10.2. The van der Waals surface area contributed by atoms with Crippen molar-refractivity contribution in [1.82, 2.24) is 5.32 Å². The third-order valence-electron chi connectivity index (χ3n) is 1.58. The maximum atomic E-state index is 11.8. The molecular weight excluding hydrogens is 339 g/mol. The summed E-state index contributed by atoms with van der Waals surface area (Å²) in [5, 5.41) is 2.33. The molecule has 1 aromatic rings. The molecule has 0 amide bonds. The molecule has 1 rings (SSSR count). The van der Waals surface area contributed by atoms with Crippen LogP contribution in [0.3, 0.4) is 0 Å². The second kappa shape index (κ2) is 5.32. The van der Waals surface area contributed by atoms with Gasteiger partial charge < -0.3 is 5.32 Å². The van der Waals surface area contributed by atoms with Crippen molar-refractivity contribution in [3.63, 3.8) is 0 Å². The molecule has 0 aliphatic rings. The van der Waals surface area contributed by atoms with Gasteiger partial charge in [0.25, 0.3) is 0 Å². The first-order chi connectivity index (χ1) is 6.87. The third kappa shape index (κ3) is 5.53. The Morgan fingerprint density at radius 2 is 1.60 bits per heavy atom. The van der Waals surface area contributed by atoms with Gasteiger partial charge in [0.05, 0.1) is 6.54 Å². The van der Waals surface area contributed by atoms with Crippen LogP contribution >= 0.6 is 31.9 Å². The average Bonchev–Trinajstić information content (AvgIpc) is 1.99. The smallest absolute Gasteiger partial charge is 0.305 e. The highest BCUT2D eigenvalue weighted by atomic mass is 79.9. The molecule has 0 radical (unpaired) electrons. The molecule has 84 valence electrons. The third-order valence-corrected chi connectivity index (χ3v) is 2.49. The Bertz CT molecular complexity index is 318. The molecular formula is C9H8Br2F3N. The second-order valence-electron chi connectivity index (χ2n) is 3.00. The number of alkyl halides is 3. The van der Waals surface area contributed by atoms with Crippen LogP contribution in [0.5, 0.6) is 0 Å². The minimum atomic E-state index is -4.16. The molecule has 0 unspecified atom stereocenters. The van der Waals surface area contributed by atoms with Crippen molar-refractivity contribution < 1.29 is 13.2 Å². The van der Waals surface area contributed by atoms with Crippen LogP contribution < -0.4 is 5.32 Å². The number of rotatable bonds is 3. The first-order valence-corrected chi connectivity index (χ1v) is 5.68. The fraction of sp³-hybridized carbons (Fsp3) is 0.333. The molecule has 0 spiro atoms. The van der Waals surface area contributed by atoms with Crippen molar-refractivity contribution in [2.75, 3.05) is 6.54 Å². The van der Waals surface area contributed by atoms with E-state index in [1.54, 1.807) is 12.1 Å². The SMILES string of the molecule is FC(F)(F)CNCc1cc(Br)cc(Br)c1. The van der Waals surface area contributed by atoms with Gasteiger partial charge in [0.1, 0.15) is 0 Å². The van der Waals surface area contributed by atoms with Crippen LogP contribution in [0.25, 0.3) is 0 Å². The van der Waals surface area contributed by atoms with E-state index >= 15 is 0 Å². The van der Waals surface area contributed by atoms with Crippen LogP contribution in [0.1, 0.15) is 5.56 Å².